The molecule has 78 valence electrons. The normalized spacial score (nSPS) is 11.9. The van der Waals surface area contributed by atoms with Crippen LogP contribution >= 0.6 is 0 Å². The molecule has 0 aliphatic heterocycles. The predicted molar refractivity (Wildman–Crippen MR) is 61.9 cm³/mol. The van der Waals surface area contributed by atoms with Crippen LogP contribution in [0.4, 0.5) is 0 Å². The summed E-state index contributed by atoms with van der Waals surface area (Å²) in [6, 6.07) is 4.50. The summed E-state index contributed by atoms with van der Waals surface area (Å²) in [5.74, 6) is 5.09. The first-order valence-electron chi connectivity index (χ1n) is 4.92. The van der Waals surface area contributed by atoms with E-state index in [1.807, 2.05) is 12.3 Å². The fraction of sp³-hybridized carbons (Fsp3) is 0.273. The Morgan fingerprint density at radius 2 is 2.33 bits per heavy atom. The molecule has 0 aliphatic rings. The minimum absolute atomic E-state index is 0.420. The van der Waals surface area contributed by atoms with Gasteiger partial charge in [0.25, 0.3) is 0 Å². The average Bonchev–Trinajstić information content (AvgIpc) is 2.61. The Balaban J connectivity index is 2.56. The van der Waals surface area contributed by atoms with E-state index >= 15 is 0 Å². The molecule has 0 aliphatic carbocycles. The van der Waals surface area contributed by atoms with E-state index in [4.69, 9.17) is 5.84 Å². The van der Waals surface area contributed by atoms with Crippen LogP contribution < -0.4 is 5.84 Å². The smallest absolute Gasteiger partial charge is 0.140 e. The fourth-order valence-corrected chi connectivity index (χ4v) is 1.63. The van der Waals surface area contributed by atoms with E-state index in [0.717, 1.165) is 16.6 Å². The molecule has 0 unspecified atom stereocenters. The predicted octanol–water partition coefficient (Wildman–Crippen LogP) is 1.91. The quantitative estimate of drug-likeness (QED) is 0.459. The summed E-state index contributed by atoms with van der Waals surface area (Å²) >= 11 is 0. The van der Waals surface area contributed by atoms with Crippen LogP contribution in [0.15, 0.2) is 29.6 Å². The van der Waals surface area contributed by atoms with E-state index in [-0.39, 0.29) is 0 Å². The summed E-state index contributed by atoms with van der Waals surface area (Å²) in [4.78, 5) is 4.40. The molecule has 0 saturated heterocycles. The van der Waals surface area contributed by atoms with E-state index in [0.29, 0.717) is 6.04 Å². The summed E-state index contributed by atoms with van der Waals surface area (Å²) in [6.07, 6.45) is 5.42. The van der Waals surface area contributed by atoms with Gasteiger partial charge in [0.15, 0.2) is 0 Å². The highest BCUT2D eigenvalue weighted by molar-refractivity contribution is 5.86. The Bertz CT molecular complexity index is 496. The number of nitrogens with zero attached hydrogens (tertiary/aromatic N) is 3. The summed E-state index contributed by atoms with van der Waals surface area (Å²) in [6.45, 7) is 4.27. The van der Waals surface area contributed by atoms with E-state index < -0.39 is 0 Å². The zero-order valence-electron chi connectivity index (χ0n) is 8.88. The van der Waals surface area contributed by atoms with Crippen molar-refractivity contribution in [3.8, 4) is 0 Å². The number of hydrazone groups is 1. The summed E-state index contributed by atoms with van der Waals surface area (Å²) in [7, 11) is 0. The molecule has 0 radical (unpaired) electrons. The molecule has 15 heavy (non-hydrogen) atoms. The van der Waals surface area contributed by atoms with Crippen LogP contribution in [0.2, 0.25) is 0 Å². The van der Waals surface area contributed by atoms with Crippen LogP contribution in [0.25, 0.3) is 11.0 Å². The number of nitrogens with two attached hydrogens (primary N) is 1. The first-order chi connectivity index (χ1) is 7.22. The van der Waals surface area contributed by atoms with Crippen LogP contribution in [0.5, 0.6) is 0 Å². The first-order valence-corrected chi connectivity index (χ1v) is 4.92. The summed E-state index contributed by atoms with van der Waals surface area (Å²) < 4.78 is 2.14. The Hall–Kier alpha value is -1.84. The SMILES string of the molecule is CC(C)n1ccc2cc(C=NN)cnc21. The van der Waals surface area contributed by atoms with Crippen LogP contribution in [-0.2, 0) is 0 Å². The molecule has 0 aromatic carbocycles. The largest absolute Gasteiger partial charge is 0.330 e. The Morgan fingerprint density at radius 3 is 3.00 bits per heavy atom. The Morgan fingerprint density at radius 1 is 1.53 bits per heavy atom. The lowest BCUT2D eigenvalue weighted by atomic mass is 10.2. The van der Waals surface area contributed by atoms with E-state index in [9.17, 15) is 0 Å². The maximum atomic E-state index is 5.09. The molecule has 0 spiro atoms. The van der Waals surface area contributed by atoms with E-state index in [1.54, 1.807) is 12.4 Å². The fourth-order valence-electron chi connectivity index (χ4n) is 1.63. The van der Waals surface area contributed by atoms with Crippen molar-refractivity contribution in [2.75, 3.05) is 0 Å². The zero-order valence-corrected chi connectivity index (χ0v) is 8.88. The van der Waals surface area contributed by atoms with Crippen LogP contribution in [0.1, 0.15) is 25.5 Å². The Kier molecular flexibility index (Phi) is 2.41. The number of hydrogen-bond acceptors (Lipinski definition) is 3. The van der Waals surface area contributed by atoms with Crippen molar-refractivity contribution in [3.63, 3.8) is 0 Å². The van der Waals surface area contributed by atoms with Crippen molar-refractivity contribution in [1.82, 2.24) is 9.55 Å². The molecule has 2 heterocycles. The van der Waals surface area contributed by atoms with E-state index in [2.05, 4.69) is 34.6 Å². The lowest BCUT2D eigenvalue weighted by molar-refractivity contribution is 0.618. The molecule has 2 aromatic heterocycles. The van der Waals surface area contributed by atoms with Crippen LogP contribution in [0.3, 0.4) is 0 Å². The Labute approximate surface area is 88.4 Å². The molecule has 0 fully saturated rings. The van der Waals surface area contributed by atoms with Crippen LogP contribution in [-0.4, -0.2) is 15.8 Å². The molecule has 0 saturated carbocycles. The number of fused-ring (bicyclic) bond motifs is 1. The monoisotopic (exact) mass is 202 g/mol. The highest BCUT2D eigenvalue weighted by Gasteiger charge is 2.05. The maximum absolute atomic E-state index is 5.09. The topological polar surface area (TPSA) is 56.2 Å². The molecule has 2 aromatic rings. The zero-order chi connectivity index (χ0) is 10.8. The molecular formula is C11H14N4. The highest BCUT2D eigenvalue weighted by Crippen LogP contribution is 2.18. The summed E-state index contributed by atoms with van der Waals surface area (Å²) in [5.41, 5.74) is 1.92. The molecule has 2 rings (SSSR count). The number of hydrogen-bond donors (Lipinski definition) is 1. The molecular weight excluding hydrogens is 188 g/mol. The van der Waals surface area contributed by atoms with Gasteiger partial charge in [-0.1, -0.05) is 0 Å². The molecule has 0 atom stereocenters. The van der Waals surface area contributed by atoms with Gasteiger partial charge in [0.05, 0.1) is 6.21 Å². The molecule has 2 N–H and O–H groups in total. The lowest BCUT2D eigenvalue weighted by Gasteiger charge is -2.07. The molecule has 0 bridgehead atoms. The van der Waals surface area contributed by atoms with Crippen molar-refractivity contribution in [3.05, 3.63) is 30.1 Å². The third kappa shape index (κ3) is 1.70. The first kappa shape index (κ1) is 9.71. The number of aromatic nitrogens is 2. The van der Waals surface area contributed by atoms with Gasteiger partial charge >= 0.3 is 0 Å². The van der Waals surface area contributed by atoms with Gasteiger partial charge in [-0.3, -0.25) is 0 Å². The second-order valence-corrected chi connectivity index (χ2v) is 3.78. The van der Waals surface area contributed by atoms with Crippen molar-refractivity contribution in [2.24, 2.45) is 10.9 Å². The van der Waals surface area contributed by atoms with Gasteiger partial charge < -0.3 is 10.4 Å². The van der Waals surface area contributed by atoms with Gasteiger partial charge in [-0.2, -0.15) is 5.10 Å². The molecule has 4 heteroatoms. The van der Waals surface area contributed by atoms with E-state index in [1.165, 1.54) is 0 Å². The maximum Gasteiger partial charge on any atom is 0.140 e. The minimum atomic E-state index is 0.420. The standard InChI is InChI=1S/C11H14N4/c1-8(2)15-4-3-10-5-9(7-14-12)6-13-11(10)15/h3-8H,12H2,1-2H3. The third-order valence-corrected chi connectivity index (χ3v) is 2.36. The molecule has 4 nitrogen and oxygen atoms in total. The van der Waals surface area contributed by atoms with Crippen molar-refractivity contribution in [2.45, 2.75) is 19.9 Å². The van der Waals surface area contributed by atoms with Crippen LogP contribution in [0, 0.1) is 0 Å². The van der Waals surface area contributed by atoms with Crippen molar-refractivity contribution in [1.29, 1.82) is 0 Å². The minimum Gasteiger partial charge on any atom is -0.330 e. The second-order valence-electron chi connectivity index (χ2n) is 3.78. The van der Waals surface area contributed by atoms with Gasteiger partial charge in [-0.15, -0.1) is 0 Å². The highest BCUT2D eigenvalue weighted by atomic mass is 15.1. The van der Waals surface area contributed by atoms with Gasteiger partial charge in [-0.05, 0) is 26.0 Å². The lowest BCUT2D eigenvalue weighted by Crippen LogP contribution is -1.99. The second kappa shape index (κ2) is 3.73. The van der Waals surface area contributed by atoms with Gasteiger partial charge in [0.2, 0.25) is 0 Å². The van der Waals surface area contributed by atoms with Crippen molar-refractivity contribution < 1.29 is 0 Å². The number of pyridine rings is 1. The summed E-state index contributed by atoms with van der Waals surface area (Å²) in [5, 5.41) is 4.59. The van der Waals surface area contributed by atoms with Gasteiger partial charge in [0.1, 0.15) is 5.65 Å². The third-order valence-electron chi connectivity index (χ3n) is 2.36. The van der Waals surface area contributed by atoms with Gasteiger partial charge in [0, 0.05) is 29.4 Å². The van der Waals surface area contributed by atoms with Gasteiger partial charge in [-0.25, -0.2) is 4.98 Å². The molecule has 0 amide bonds. The average molecular weight is 202 g/mol. The van der Waals surface area contributed by atoms with Crippen molar-refractivity contribution >= 4 is 17.2 Å². The number of rotatable bonds is 2.